The maximum absolute atomic E-state index is 11.8. The maximum atomic E-state index is 11.8. The van der Waals surface area contributed by atoms with E-state index in [2.05, 4.69) is 30.3 Å². The summed E-state index contributed by atoms with van der Waals surface area (Å²) >= 11 is 0. The Hall–Kier alpha value is -3.47. The molecule has 1 saturated heterocycles. The zero-order valence-corrected chi connectivity index (χ0v) is 21.2. The van der Waals surface area contributed by atoms with Crippen molar-refractivity contribution in [3.63, 3.8) is 0 Å². The molecule has 38 heavy (non-hydrogen) atoms. The third-order valence-electron chi connectivity index (χ3n) is 6.88. The highest BCUT2D eigenvalue weighted by Gasteiger charge is 2.35. The SMILES string of the molecule is COc1ccc2c(C(N)=O)cn(Cc3ccc4ccccc4c3)c2c1.OCCC1C(O)CC(CO)OC1O. The first-order chi connectivity index (χ1) is 18.3. The van der Waals surface area contributed by atoms with Crippen molar-refractivity contribution in [1.29, 1.82) is 0 Å². The van der Waals surface area contributed by atoms with E-state index in [0.717, 1.165) is 22.2 Å². The van der Waals surface area contributed by atoms with Gasteiger partial charge in [0.05, 0.1) is 37.0 Å². The molecular weight excluding hydrogens is 488 g/mol. The number of rotatable bonds is 7. The fourth-order valence-electron chi connectivity index (χ4n) is 4.85. The molecule has 0 radical (unpaired) electrons. The van der Waals surface area contributed by atoms with Crippen LogP contribution in [0.3, 0.4) is 0 Å². The molecule has 0 saturated carbocycles. The van der Waals surface area contributed by atoms with Crippen LogP contribution in [0.1, 0.15) is 28.8 Å². The summed E-state index contributed by atoms with van der Waals surface area (Å²) in [6.07, 6.45) is 0.126. The van der Waals surface area contributed by atoms with Crippen molar-refractivity contribution in [2.75, 3.05) is 20.3 Å². The van der Waals surface area contributed by atoms with Crippen molar-refractivity contribution in [3.8, 4) is 5.75 Å². The van der Waals surface area contributed by atoms with E-state index in [1.165, 1.54) is 10.8 Å². The second kappa shape index (κ2) is 12.4. The van der Waals surface area contributed by atoms with E-state index in [-0.39, 0.29) is 13.2 Å². The van der Waals surface area contributed by atoms with Gasteiger partial charge in [-0.3, -0.25) is 4.79 Å². The molecule has 9 nitrogen and oxygen atoms in total. The van der Waals surface area contributed by atoms with Crippen LogP contribution in [0, 0.1) is 5.92 Å². The van der Waals surface area contributed by atoms with Crippen molar-refractivity contribution in [3.05, 3.63) is 78.0 Å². The van der Waals surface area contributed by atoms with Crippen LogP contribution in [0.15, 0.2) is 66.9 Å². The van der Waals surface area contributed by atoms with E-state index in [1.807, 2.05) is 41.1 Å². The molecule has 4 aromatic rings. The number of aromatic nitrogens is 1. The highest BCUT2D eigenvalue weighted by Crippen LogP contribution is 2.28. The molecule has 1 amide bonds. The van der Waals surface area contributed by atoms with Gasteiger partial charge in [-0.15, -0.1) is 0 Å². The normalized spacial score (nSPS) is 21.2. The number of nitrogens with two attached hydrogens (primary N) is 1. The van der Waals surface area contributed by atoms with E-state index in [0.29, 0.717) is 24.9 Å². The fraction of sp³-hybridized carbons (Fsp3) is 0.345. The molecule has 1 aliphatic rings. The Balaban J connectivity index is 0.000000219. The Morgan fingerprint density at radius 1 is 1.08 bits per heavy atom. The summed E-state index contributed by atoms with van der Waals surface area (Å²) in [5, 5.41) is 39.5. The van der Waals surface area contributed by atoms with Crippen molar-refractivity contribution < 1.29 is 34.7 Å². The molecule has 6 N–H and O–H groups in total. The second-order valence-corrected chi connectivity index (χ2v) is 9.41. The number of hydrogen-bond acceptors (Lipinski definition) is 7. The number of fused-ring (bicyclic) bond motifs is 2. The second-order valence-electron chi connectivity index (χ2n) is 9.41. The van der Waals surface area contributed by atoms with Gasteiger partial charge in [0, 0.05) is 43.1 Å². The lowest BCUT2D eigenvalue weighted by atomic mass is 9.91. The number of aliphatic hydroxyl groups is 4. The molecule has 202 valence electrons. The topological polar surface area (TPSA) is 147 Å². The summed E-state index contributed by atoms with van der Waals surface area (Å²) < 4.78 is 12.4. The predicted molar refractivity (Wildman–Crippen MR) is 144 cm³/mol. The summed E-state index contributed by atoms with van der Waals surface area (Å²) in [5.41, 5.74) is 8.17. The zero-order chi connectivity index (χ0) is 27.2. The van der Waals surface area contributed by atoms with Crippen molar-refractivity contribution in [2.24, 2.45) is 11.7 Å². The van der Waals surface area contributed by atoms with Gasteiger partial charge in [-0.05, 0) is 41.0 Å². The highest BCUT2D eigenvalue weighted by molar-refractivity contribution is 6.06. The predicted octanol–water partition coefficient (Wildman–Crippen LogP) is 2.40. The minimum Gasteiger partial charge on any atom is -0.497 e. The third kappa shape index (κ3) is 6.15. The number of ether oxygens (including phenoxy) is 2. The number of carbonyl (C=O) groups is 1. The number of benzene rings is 3. The van der Waals surface area contributed by atoms with Crippen LogP contribution in [0.25, 0.3) is 21.7 Å². The van der Waals surface area contributed by atoms with E-state index in [1.54, 1.807) is 7.11 Å². The summed E-state index contributed by atoms with van der Waals surface area (Å²) in [6.45, 7) is 0.355. The van der Waals surface area contributed by atoms with Crippen LogP contribution in [0.4, 0.5) is 0 Å². The quantitative estimate of drug-likeness (QED) is 0.250. The van der Waals surface area contributed by atoms with Crippen LogP contribution < -0.4 is 10.5 Å². The first-order valence-electron chi connectivity index (χ1n) is 12.5. The van der Waals surface area contributed by atoms with Gasteiger partial charge < -0.3 is 40.2 Å². The molecule has 9 heteroatoms. The largest absolute Gasteiger partial charge is 0.497 e. The Morgan fingerprint density at radius 3 is 2.50 bits per heavy atom. The molecule has 3 aromatic carbocycles. The zero-order valence-electron chi connectivity index (χ0n) is 21.2. The van der Waals surface area contributed by atoms with E-state index < -0.39 is 30.3 Å². The van der Waals surface area contributed by atoms with Crippen LogP contribution in [0.2, 0.25) is 0 Å². The lowest BCUT2D eigenvalue weighted by Crippen LogP contribution is -2.45. The lowest BCUT2D eigenvalue weighted by Gasteiger charge is -2.36. The Kier molecular flexibility index (Phi) is 8.98. The molecule has 1 fully saturated rings. The maximum Gasteiger partial charge on any atom is 0.250 e. The molecule has 4 unspecified atom stereocenters. The Labute approximate surface area is 220 Å². The molecule has 0 spiro atoms. The Bertz CT molecular complexity index is 1370. The number of primary amides is 1. The third-order valence-corrected chi connectivity index (χ3v) is 6.88. The molecule has 1 aromatic heterocycles. The molecule has 1 aliphatic heterocycles. The summed E-state index contributed by atoms with van der Waals surface area (Å²) in [5.74, 6) is -0.124. The standard InChI is InChI=1S/C21H18N2O2.C8H16O5/c1-25-17-8-9-18-19(21(22)24)13-23(20(18)11-17)12-14-6-7-15-4-2-3-5-16(15)10-14;9-2-1-6-7(11)3-5(4-10)13-8(6)12/h2-11,13H,12H2,1H3,(H2,22,24);5-12H,1-4H2. The molecule has 2 heterocycles. The van der Waals surface area contributed by atoms with E-state index in [4.69, 9.17) is 25.4 Å². The highest BCUT2D eigenvalue weighted by atomic mass is 16.6. The number of amides is 1. The number of hydrogen-bond donors (Lipinski definition) is 5. The summed E-state index contributed by atoms with van der Waals surface area (Å²) in [7, 11) is 1.63. The van der Waals surface area contributed by atoms with Gasteiger partial charge in [0.15, 0.2) is 6.29 Å². The number of nitrogens with zero attached hydrogens (tertiary/aromatic N) is 1. The molecule has 0 aliphatic carbocycles. The van der Waals surface area contributed by atoms with Gasteiger partial charge in [0.2, 0.25) is 0 Å². The van der Waals surface area contributed by atoms with Crippen molar-refractivity contribution in [1.82, 2.24) is 4.57 Å². The van der Waals surface area contributed by atoms with E-state index in [9.17, 15) is 15.0 Å². The van der Waals surface area contributed by atoms with Crippen LogP contribution in [-0.4, -0.2) is 69.7 Å². The van der Waals surface area contributed by atoms with Gasteiger partial charge in [-0.2, -0.15) is 0 Å². The van der Waals surface area contributed by atoms with Gasteiger partial charge in [0.25, 0.3) is 5.91 Å². The van der Waals surface area contributed by atoms with Gasteiger partial charge >= 0.3 is 0 Å². The van der Waals surface area contributed by atoms with E-state index >= 15 is 0 Å². The van der Waals surface area contributed by atoms with Gasteiger partial charge in [0.1, 0.15) is 5.75 Å². The first kappa shape index (κ1) is 27.6. The van der Waals surface area contributed by atoms with Crippen LogP contribution in [0.5, 0.6) is 5.75 Å². The number of carbonyl (C=O) groups excluding carboxylic acids is 1. The van der Waals surface area contributed by atoms with Crippen LogP contribution in [-0.2, 0) is 11.3 Å². The summed E-state index contributed by atoms with van der Waals surface area (Å²) in [4.78, 5) is 11.8. The molecular formula is C29H34N2O7. The minimum absolute atomic E-state index is 0.0913. The fourth-order valence-corrected chi connectivity index (χ4v) is 4.85. The first-order valence-corrected chi connectivity index (χ1v) is 12.5. The molecule has 0 bridgehead atoms. The monoisotopic (exact) mass is 522 g/mol. The molecule has 5 rings (SSSR count). The van der Waals surface area contributed by atoms with Gasteiger partial charge in [-0.1, -0.05) is 36.4 Å². The number of methoxy groups -OCH3 is 1. The van der Waals surface area contributed by atoms with Crippen molar-refractivity contribution in [2.45, 2.75) is 37.9 Å². The number of aliphatic hydroxyl groups excluding tert-OH is 4. The average molecular weight is 523 g/mol. The smallest absolute Gasteiger partial charge is 0.250 e. The van der Waals surface area contributed by atoms with Crippen LogP contribution >= 0.6 is 0 Å². The molecule has 4 atom stereocenters. The average Bonchev–Trinajstić information content (AvgIpc) is 3.28. The van der Waals surface area contributed by atoms with Crippen molar-refractivity contribution >= 4 is 27.6 Å². The minimum atomic E-state index is -1.09. The van der Waals surface area contributed by atoms with Gasteiger partial charge in [-0.25, -0.2) is 0 Å². The summed E-state index contributed by atoms with van der Waals surface area (Å²) in [6, 6.07) is 20.3. The Morgan fingerprint density at radius 2 is 1.84 bits per heavy atom. The lowest BCUT2D eigenvalue weighted by molar-refractivity contribution is -0.233.